The maximum atomic E-state index is 12.9. The van der Waals surface area contributed by atoms with Gasteiger partial charge in [-0.1, -0.05) is 30.3 Å². The van der Waals surface area contributed by atoms with Gasteiger partial charge < -0.3 is 10.2 Å². The van der Waals surface area contributed by atoms with Crippen LogP contribution in [0.3, 0.4) is 0 Å². The highest BCUT2D eigenvalue weighted by molar-refractivity contribution is 5.99. The first-order valence-corrected chi connectivity index (χ1v) is 9.03. The van der Waals surface area contributed by atoms with Crippen molar-refractivity contribution in [1.82, 2.24) is 24.8 Å². The molecule has 0 atom stereocenters. The van der Waals surface area contributed by atoms with E-state index in [9.17, 15) is 4.79 Å². The lowest BCUT2D eigenvalue weighted by Crippen LogP contribution is -2.46. The van der Waals surface area contributed by atoms with E-state index < -0.39 is 0 Å². The molecule has 2 aromatic heterocycles. The third-order valence-electron chi connectivity index (χ3n) is 5.07. The molecule has 0 saturated carbocycles. The van der Waals surface area contributed by atoms with E-state index in [-0.39, 0.29) is 5.91 Å². The van der Waals surface area contributed by atoms with Crippen LogP contribution in [-0.4, -0.2) is 51.6 Å². The molecule has 3 aromatic rings. The molecular weight excluding hydrogens is 326 g/mol. The Balaban J connectivity index is 1.72. The number of carbonyl (C=O) groups excluding carboxylic acids is 1. The number of nitrogens with zero attached hydrogens (tertiary/aromatic N) is 4. The van der Waals surface area contributed by atoms with Crippen LogP contribution in [0, 0.1) is 13.8 Å². The molecule has 1 aromatic carbocycles. The van der Waals surface area contributed by atoms with Crippen LogP contribution in [0.25, 0.3) is 5.65 Å². The van der Waals surface area contributed by atoms with Crippen LogP contribution in [0.4, 0.5) is 0 Å². The van der Waals surface area contributed by atoms with E-state index >= 15 is 0 Å². The number of piperazine rings is 1. The van der Waals surface area contributed by atoms with Crippen molar-refractivity contribution in [2.45, 2.75) is 20.3 Å². The molecule has 1 N–H and O–H groups in total. The fraction of sp³-hybridized carbons (Fsp3) is 0.350. The van der Waals surface area contributed by atoms with Crippen LogP contribution in [0.1, 0.15) is 32.9 Å². The van der Waals surface area contributed by atoms with E-state index in [4.69, 9.17) is 4.98 Å². The fourth-order valence-corrected chi connectivity index (χ4v) is 3.56. The summed E-state index contributed by atoms with van der Waals surface area (Å²) in [6.45, 7) is 7.17. The zero-order chi connectivity index (χ0) is 18.1. The highest BCUT2D eigenvalue weighted by Gasteiger charge is 2.23. The van der Waals surface area contributed by atoms with E-state index in [2.05, 4.69) is 22.5 Å². The van der Waals surface area contributed by atoms with Crippen molar-refractivity contribution >= 4 is 11.6 Å². The van der Waals surface area contributed by atoms with E-state index in [1.807, 2.05) is 36.9 Å². The second-order valence-corrected chi connectivity index (χ2v) is 6.76. The topological polar surface area (TPSA) is 62.5 Å². The zero-order valence-electron chi connectivity index (χ0n) is 15.2. The number of fused-ring (bicyclic) bond motifs is 1. The molecule has 0 radical (unpaired) electrons. The lowest BCUT2D eigenvalue weighted by atomic mass is 10.0. The first kappa shape index (κ1) is 16.7. The number of carbonyl (C=O) groups is 1. The number of hydrogen-bond donors (Lipinski definition) is 1. The van der Waals surface area contributed by atoms with E-state index in [1.165, 1.54) is 5.56 Å². The third-order valence-corrected chi connectivity index (χ3v) is 5.07. The standard InChI is InChI=1S/C20H23N5O/c1-14-17(12-16-6-4-3-5-7-16)15(2)25-19(23-14)18(13-22-25)20(26)24-10-8-21-9-11-24/h3-7,13,21H,8-12H2,1-2H3. The van der Waals surface area contributed by atoms with E-state index in [1.54, 1.807) is 10.7 Å². The first-order valence-electron chi connectivity index (χ1n) is 9.03. The number of rotatable bonds is 3. The molecule has 1 saturated heterocycles. The van der Waals surface area contributed by atoms with Crippen LogP contribution in [0.15, 0.2) is 36.5 Å². The Labute approximate surface area is 152 Å². The second kappa shape index (κ2) is 6.88. The molecular formula is C20H23N5O. The first-order chi connectivity index (χ1) is 12.6. The van der Waals surface area contributed by atoms with Gasteiger partial charge in [-0.2, -0.15) is 5.10 Å². The number of hydrogen-bond acceptors (Lipinski definition) is 4. The summed E-state index contributed by atoms with van der Waals surface area (Å²) in [7, 11) is 0. The highest BCUT2D eigenvalue weighted by atomic mass is 16.2. The van der Waals surface area contributed by atoms with Crippen LogP contribution in [0.5, 0.6) is 0 Å². The summed E-state index contributed by atoms with van der Waals surface area (Å²) in [5.74, 6) is 0.0172. The second-order valence-electron chi connectivity index (χ2n) is 6.76. The Hall–Kier alpha value is -2.73. The largest absolute Gasteiger partial charge is 0.336 e. The minimum absolute atomic E-state index is 0.0172. The van der Waals surface area contributed by atoms with Crippen LogP contribution in [0.2, 0.25) is 0 Å². The lowest BCUT2D eigenvalue weighted by Gasteiger charge is -2.27. The SMILES string of the molecule is Cc1nc2c(C(=O)N3CCNCC3)cnn2c(C)c1Cc1ccccc1. The maximum absolute atomic E-state index is 12.9. The average Bonchev–Trinajstić information content (AvgIpc) is 3.10. The molecule has 1 aliphatic rings. The molecule has 3 heterocycles. The van der Waals surface area contributed by atoms with Gasteiger partial charge in [-0.15, -0.1) is 0 Å². The van der Waals surface area contributed by atoms with Crippen molar-refractivity contribution in [3.8, 4) is 0 Å². The Kier molecular flexibility index (Phi) is 4.42. The summed E-state index contributed by atoms with van der Waals surface area (Å²) in [5.41, 5.74) is 5.63. The molecule has 6 nitrogen and oxygen atoms in total. The quantitative estimate of drug-likeness (QED) is 0.785. The van der Waals surface area contributed by atoms with Gasteiger partial charge in [0.25, 0.3) is 5.91 Å². The normalized spacial score (nSPS) is 14.8. The molecule has 1 amide bonds. The summed E-state index contributed by atoms with van der Waals surface area (Å²) < 4.78 is 1.81. The number of benzene rings is 1. The monoisotopic (exact) mass is 349 g/mol. The third kappa shape index (κ3) is 2.97. The van der Waals surface area contributed by atoms with Gasteiger partial charge in [-0.3, -0.25) is 4.79 Å². The van der Waals surface area contributed by atoms with Gasteiger partial charge >= 0.3 is 0 Å². The Morgan fingerprint density at radius 1 is 1.15 bits per heavy atom. The van der Waals surface area contributed by atoms with E-state index in [0.29, 0.717) is 11.2 Å². The summed E-state index contributed by atoms with van der Waals surface area (Å²) in [5, 5.41) is 7.74. The van der Waals surface area contributed by atoms with Gasteiger partial charge in [-0.25, -0.2) is 9.50 Å². The summed E-state index contributed by atoms with van der Waals surface area (Å²) in [4.78, 5) is 19.5. The number of amides is 1. The van der Waals surface area contributed by atoms with Gasteiger partial charge in [0.2, 0.25) is 0 Å². The van der Waals surface area contributed by atoms with Crippen molar-refractivity contribution in [2.24, 2.45) is 0 Å². The molecule has 1 aliphatic heterocycles. The van der Waals surface area contributed by atoms with Gasteiger partial charge in [0.15, 0.2) is 5.65 Å². The van der Waals surface area contributed by atoms with Crippen LogP contribution in [-0.2, 0) is 6.42 Å². The number of aryl methyl sites for hydroxylation is 2. The van der Waals surface area contributed by atoms with Crippen molar-refractivity contribution in [1.29, 1.82) is 0 Å². The molecule has 0 unspecified atom stereocenters. The van der Waals surface area contributed by atoms with Gasteiger partial charge in [0.1, 0.15) is 5.56 Å². The predicted octanol–water partition coefficient (Wildman–Crippen LogP) is 1.98. The van der Waals surface area contributed by atoms with E-state index in [0.717, 1.165) is 49.6 Å². The van der Waals surface area contributed by atoms with Crippen molar-refractivity contribution in [3.05, 3.63) is 64.6 Å². The van der Waals surface area contributed by atoms with Crippen molar-refractivity contribution in [2.75, 3.05) is 26.2 Å². The molecule has 26 heavy (non-hydrogen) atoms. The minimum Gasteiger partial charge on any atom is -0.336 e. The molecule has 134 valence electrons. The molecule has 0 aliphatic carbocycles. The zero-order valence-corrected chi connectivity index (χ0v) is 15.2. The molecule has 1 fully saturated rings. The maximum Gasteiger partial charge on any atom is 0.259 e. The number of aromatic nitrogens is 3. The summed E-state index contributed by atoms with van der Waals surface area (Å²) in [6.07, 6.45) is 2.47. The Bertz CT molecular complexity index is 942. The molecule has 6 heteroatoms. The summed E-state index contributed by atoms with van der Waals surface area (Å²) >= 11 is 0. The lowest BCUT2D eigenvalue weighted by molar-refractivity contribution is 0.0737. The van der Waals surface area contributed by atoms with Crippen LogP contribution >= 0.6 is 0 Å². The highest BCUT2D eigenvalue weighted by Crippen LogP contribution is 2.21. The number of nitrogens with one attached hydrogen (secondary N) is 1. The molecule has 0 bridgehead atoms. The Morgan fingerprint density at radius 2 is 1.88 bits per heavy atom. The molecule has 0 spiro atoms. The van der Waals surface area contributed by atoms with Gasteiger partial charge in [0.05, 0.1) is 6.20 Å². The van der Waals surface area contributed by atoms with Crippen molar-refractivity contribution in [3.63, 3.8) is 0 Å². The predicted molar refractivity (Wildman–Crippen MR) is 100 cm³/mol. The summed E-state index contributed by atoms with van der Waals surface area (Å²) in [6, 6.07) is 10.3. The smallest absolute Gasteiger partial charge is 0.259 e. The van der Waals surface area contributed by atoms with Crippen molar-refractivity contribution < 1.29 is 4.79 Å². The average molecular weight is 349 g/mol. The van der Waals surface area contributed by atoms with Gasteiger partial charge in [-0.05, 0) is 25.0 Å². The fourth-order valence-electron chi connectivity index (χ4n) is 3.56. The molecule has 4 rings (SSSR count). The Morgan fingerprint density at radius 3 is 2.62 bits per heavy atom. The minimum atomic E-state index is 0.0172. The van der Waals surface area contributed by atoms with Gasteiger partial charge in [0, 0.05) is 44.0 Å². The van der Waals surface area contributed by atoms with Crippen LogP contribution < -0.4 is 5.32 Å².